The predicted molar refractivity (Wildman–Crippen MR) is 139 cm³/mol. The van der Waals surface area contributed by atoms with Crippen LogP contribution in [-0.4, -0.2) is 74.5 Å². The molecule has 0 radical (unpaired) electrons. The van der Waals surface area contributed by atoms with Crippen LogP contribution in [0.1, 0.15) is 24.0 Å². The topological polar surface area (TPSA) is 163 Å². The number of nitrogens with zero attached hydrogens (tertiary/aromatic N) is 3. The van der Waals surface area contributed by atoms with E-state index in [0.717, 1.165) is 24.3 Å². The smallest absolute Gasteiger partial charge is 0.409 e. The normalized spacial score (nSPS) is 11.6. The Labute approximate surface area is 221 Å². The fourth-order valence-corrected chi connectivity index (χ4v) is 3.00. The van der Waals surface area contributed by atoms with Gasteiger partial charge in [-0.1, -0.05) is 24.3 Å². The van der Waals surface area contributed by atoms with Crippen LogP contribution in [0.3, 0.4) is 0 Å². The standard InChI is InChI=1S/C11H14N2O4.C10H12N2O4.C4H8O/c1-12(11(14)17-2)8-7-9-3-5-10(6-4-9)13(15)16;1-16-10(13)11-7-6-8-2-4-9(5-3-8)12(14)15;1-2-4-5-3-1/h3-6H,7-8H2,1-2H3;2-5H,6-7H2,1H3,(H,11,13);1-4H2. The van der Waals surface area contributed by atoms with Crippen molar-refractivity contribution in [3.05, 3.63) is 79.9 Å². The first kappa shape index (κ1) is 31.8. The average Bonchev–Trinajstić information content (AvgIpc) is 3.52. The highest BCUT2D eigenvalue weighted by Crippen LogP contribution is 2.13. The molecule has 3 rings (SSSR count). The summed E-state index contributed by atoms with van der Waals surface area (Å²) >= 11 is 0. The molecule has 1 N–H and O–H groups in total. The molecule has 0 aliphatic carbocycles. The molecule has 13 heteroatoms. The van der Waals surface area contributed by atoms with Crippen LogP contribution in [0.4, 0.5) is 21.0 Å². The fraction of sp³-hybridized carbons (Fsp3) is 0.440. The number of carbonyl (C=O) groups is 2. The first-order valence-electron chi connectivity index (χ1n) is 11.8. The largest absolute Gasteiger partial charge is 0.453 e. The molecule has 1 heterocycles. The molecule has 1 aliphatic rings. The summed E-state index contributed by atoms with van der Waals surface area (Å²) in [7, 11) is 4.25. The number of ether oxygens (including phenoxy) is 3. The molecule has 38 heavy (non-hydrogen) atoms. The van der Waals surface area contributed by atoms with Gasteiger partial charge in [-0.3, -0.25) is 20.2 Å². The second-order valence-corrected chi connectivity index (χ2v) is 7.98. The van der Waals surface area contributed by atoms with Crippen molar-refractivity contribution in [3.8, 4) is 0 Å². The first-order valence-corrected chi connectivity index (χ1v) is 11.8. The van der Waals surface area contributed by atoms with Gasteiger partial charge in [0.15, 0.2) is 0 Å². The third-order valence-corrected chi connectivity index (χ3v) is 5.21. The zero-order valence-electron chi connectivity index (χ0n) is 21.8. The van der Waals surface area contributed by atoms with Gasteiger partial charge in [0.05, 0.1) is 24.1 Å². The molecular formula is C25H34N4O9. The van der Waals surface area contributed by atoms with E-state index >= 15 is 0 Å². The fourth-order valence-electron chi connectivity index (χ4n) is 3.00. The average molecular weight is 535 g/mol. The Morgan fingerprint density at radius 1 is 0.868 bits per heavy atom. The van der Waals surface area contributed by atoms with E-state index in [2.05, 4.69) is 14.8 Å². The number of nitro benzene ring substituents is 2. The van der Waals surface area contributed by atoms with Crippen molar-refractivity contribution in [2.24, 2.45) is 0 Å². The molecule has 0 spiro atoms. The number of methoxy groups -OCH3 is 2. The number of rotatable bonds is 8. The van der Waals surface area contributed by atoms with Gasteiger partial charge in [-0.05, 0) is 36.8 Å². The second-order valence-electron chi connectivity index (χ2n) is 7.98. The SMILES string of the molecule is C1CCOC1.COC(=O)N(C)CCc1ccc([N+](=O)[O-])cc1.COC(=O)NCCc1ccc([N+](=O)[O-])cc1. The number of carbonyl (C=O) groups excluding carboxylic acids is 2. The van der Waals surface area contributed by atoms with Crippen molar-refractivity contribution in [1.82, 2.24) is 10.2 Å². The van der Waals surface area contributed by atoms with Crippen molar-refractivity contribution < 1.29 is 33.6 Å². The summed E-state index contributed by atoms with van der Waals surface area (Å²) in [5.74, 6) is 0. The molecule has 0 bridgehead atoms. The van der Waals surface area contributed by atoms with Crippen LogP contribution in [0.25, 0.3) is 0 Å². The number of hydrogen-bond donors (Lipinski definition) is 1. The molecule has 1 aliphatic heterocycles. The Hall–Kier alpha value is -4.26. The summed E-state index contributed by atoms with van der Waals surface area (Å²) in [5, 5.41) is 23.4. The third kappa shape index (κ3) is 13.2. The summed E-state index contributed by atoms with van der Waals surface area (Å²) in [5.41, 5.74) is 1.98. The van der Waals surface area contributed by atoms with Gasteiger partial charge in [0, 0.05) is 57.6 Å². The summed E-state index contributed by atoms with van der Waals surface area (Å²) in [6.45, 7) is 2.94. The maximum atomic E-state index is 11.1. The first-order chi connectivity index (χ1) is 18.2. The number of nitrogens with one attached hydrogen (secondary N) is 1. The van der Waals surface area contributed by atoms with Crippen LogP contribution in [0.15, 0.2) is 48.5 Å². The zero-order valence-corrected chi connectivity index (χ0v) is 21.8. The van der Waals surface area contributed by atoms with Gasteiger partial charge >= 0.3 is 12.2 Å². The minimum Gasteiger partial charge on any atom is -0.453 e. The molecule has 208 valence electrons. The summed E-state index contributed by atoms with van der Waals surface area (Å²) in [6, 6.07) is 12.5. The van der Waals surface area contributed by atoms with E-state index in [0.29, 0.717) is 25.9 Å². The number of non-ortho nitro benzene ring substituents is 2. The van der Waals surface area contributed by atoms with Crippen molar-refractivity contribution >= 4 is 23.6 Å². The van der Waals surface area contributed by atoms with Gasteiger partial charge in [0.25, 0.3) is 11.4 Å². The number of nitro groups is 2. The van der Waals surface area contributed by atoms with Crippen molar-refractivity contribution in [3.63, 3.8) is 0 Å². The summed E-state index contributed by atoms with van der Waals surface area (Å²) in [4.78, 5) is 43.2. The second kappa shape index (κ2) is 18.1. The lowest BCUT2D eigenvalue weighted by molar-refractivity contribution is -0.385. The molecule has 2 aromatic carbocycles. The quantitative estimate of drug-likeness (QED) is 0.387. The van der Waals surface area contributed by atoms with E-state index in [4.69, 9.17) is 4.74 Å². The molecule has 1 saturated heterocycles. The number of benzene rings is 2. The van der Waals surface area contributed by atoms with Crippen molar-refractivity contribution in [2.75, 3.05) is 47.6 Å². The van der Waals surface area contributed by atoms with Gasteiger partial charge in [0.1, 0.15) is 0 Å². The molecule has 2 amide bonds. The van der Waals surface area contributed by atoms with Crippen LogP contribution in [0, 0.1) is 20.2 Å². The van der Waals surface area contributed by atoms with E-state index in [1.165, 1.54) is 56.2 Å². The summed E-state index contributed by atoms with van der Waals surface area (Å²) in [6.07, 6.45) is 2.91. The third-order valence-electron chi connectivity index (χ3n) is 5.21. The molecule has 0 unspecified atom stereocenters. The highest BCUT2D eigenvalue weighted by molar-refractivity contribution is 5.67. The Morgan fingerprint density at radius 2 is 1.34 bits per heavy atom. The maximum Gasteiger partial charge on any atom is 0.409 e. The van der Waals surface area contributed by atoms with E-state index in [9.17, 15) is 29.8 Å². The van der Waals surface area contributed by atoms with Gasteiger partial charge in [-0.25, -0.2) is 9.59 Å². The van der Waals surface area contributed by atoms with Gasteiger partial charge in [-0.2, -0.15) is 0 Å². The molecular weight excluding hydrogens is 500 g/mol. The number of alkyl carbamates (subject to hydrolysis) is 1. The van der Waals surface area contributed by atoms with Crippen molar-refractivity contribution in [1.29, 1.82) is 0 Å². The minimum absolute atomic E-state index is 0.0599. The highest BCUT2D eigenvalue weighted by Gasteiger charge is 2.09. The predicted octanol–water partition coefficient (Wildman–Crippen LogP) is 4.13. The van der Waals surface area contributed by atoms with Crippen molar-refractivity contribution in [2.45, 2.75) is 25.7 Å². The van der Waals surface area contributed by atoms with Crippen LogP contribution in [-0.2, 0) is 27.1 Å². The Bertz CT molecular complexity index is 1000. The maximum absolute atomic E-state index is 11.1. The van der Waals surface area contributed by atoms with Crippen LogP contribution >= 0.6 is 0 Å². The number of hydrogen-bond acceptors (Lipinski definition) is 9. The molecule has 1 fully saturated rings. The molecule has 2 aromatic rings. The monoisotopic (exact) mass is 534 g/mol. The molecule has 0 aromatic heterocycles. The Morgan fingerprint density at radius 3 is 1.71 bits per heavy atom. The molecule has 0 saturated carbocycles. The van der Waals surface area contributed by atoms with Crippen LogP contribution in [0.5, 0.6) is 0 Å². The van der Waals surface area contributed by atoms with Crippen LogP contribution in [0.2, 0.25) is 0 Å². The lowest BCUT2D eigenvalue weighted by atomic mass is 10.1. The zero-order chi connectivity index (χ0) is 28.3. The minimum atomic E-state index is -0.484. The molecule has 13 nitrogen and oxygen atoms in total. The lowest BCUT2D eigenvalue weighted by Crippen LogP contribution is -2.28. The Balaban J connectivity index is 0.000000321. The lowest BCUT2D eigenvalue weighted by Gasteiger charge is -2.14. The number of likely N-dealkylation sites (N-methyl/N-ethyl adjacent to an activating group) is 1. The van der Waals surface area contributed by atoms with E-state index in [1.54, 1.807) is 31.3 Å². The Kier molecular flexibility index (Phi) is 15.1. The number of amides is 2. The van der Waals surface area contributed by atoms with E-state index in [-0.39, 0.29) is 11.4 Å². The van der Waals surface area contributed by atoms with Crippen LogP contribution < -0.4 is 5.32 Å². The molecule has 0 atom stereocenters. The van der Waals surface area contributed by atoms with Gasteiger partial charge < -0.3 is 24.4 Å². The summed E-state index contributed by atoms with van der Waals surface area (Å²) < 4.78 is 13.9. The van der Waals surface area contributed by atoms with Gasteiger partial charge in [-0.15, -0.1) is 0 Å². The van der Waals surface area contributed by atoms with Gasteiger partial charge in [0.2, 0.25) is 0 Å². The van der Waals surface area contributed by atoms with E-state index in [1.807, 2.05) is 0 Å². The van der Waals surface area contributed by atoms with E-state index < -0.39 is 22.0 Å². The highest BCUT2D eigenvalue weighted by atomic mass is 16.6.